The van der Waals surface area contributed by atoms with Gasteiger partial charge in [0.15, 0.2) is 0 Å². The van der Waals surface area contributed by atoms with Gasteiger partial charge in [-0.1, -0.05) is 30.3 Å². The molecule has 2 rings (SSSR count). The van der Waals surface area contributed by atoms with Gasteiger partial charge in [0.05, 0.1) is 17.9 Å². The van der Waals surface area contributed by atoms with E-state index in [1.807, 2.05) is 36.4 Å². The summed E-state index contributed by atoms with van der Waals surface area (Å²) in [5.74, 6) is -0.288. The predicted molar refractivity (Wildman–Crippen MR) is 101 cm³/mol. The lowest BCUT2D eigenvalue weighted by Gasteiger charge is -2.27. The van der Waals surface area contributed by atoms with Crippen LogP contribution in [0.5, 0.6) is 0 Å². The number of amides is 1. The second-order valence-electron chi connectivity index (χ2n) is 5.95. The molecular formula is C19H21N3O3S. The first-order chi connectivity index (χ1) is 12.3. The number of hydrogen-bond acceptors (Lipinski definition) is 4. The molecule has 1 atom stereocenters. The van der Waals surface area contributed by atoms with Gasteiger partial charge in [-0.25, -0.2) is 8.42 Å². The van der Waals surface area contributed by atoms with Crippen molar-refractivity contribution in [2.75, 3.05) is 18.1 Å². The molecule has 1 unspecified atom stereocenters. The minimum Gasteiger partial charge on any atom is -0.326 e. The number of nitrogens with one attached hydrogen (secondary N) is 1. The summed E-state index contributed by atoms with van der Waals surface area (Å²) in [5, 5.41) is 11.5. The molecule has 136 valence electrons. The maximum Gasteiger partial charge on any atom is 0.225 e. The Morgan fingerprint density at radius 2 is 1.77 bits per heavy atom. The number of anilines is 1. The Morgan fingerprint density at radius 3 is 2.31 bits per heavy atom. The van der Waals surface area contributed by atoms with Crippen molar-refractivity contribution in [2.24, 2.45) is 0 Å². The largest absolute Gasteiger partial charge is 0.326 e. The number of benzene rings is 2. The third-order valence-electron chi connectivity index (χ3n) is 4.00. The molecule has 2 aromatic carbocycles. The molecule has 1 amide bonds. The average molecular weight is 371 g/mol. The van der Waals surface area contributed by atoms with Gasteiger partial charge in [0.25, 0.3) is 0 Å². The van der Waals surface area contributed by atoms with E-state index in [1.165, 1.54) is 4.31 Å². The maximum absolute atomic E-state index is 12.2. The molecule has 7 heteroatoms. The summed E-state index contributed by atoms with van der Waals surface area (Å²) < 4.78 is 25.6. The molecule has 0 heterocycles. The minimum absolute atomic E-state index is 0.0320. The Bertz CT molecular complexity index is 888. The quantitative estimate of drug-likeness (QED) is 0.810. The third-order valence-corrected chi connectivity index (χ3v) is 5.35. The summed E-state index contributed by atoms with van der Waals surface area (Å²) >= 11 is 0. The molecule has 2 aromatic rings. The zero-order chi connectivity index (χ0) is 19.2. The van der Waals surface area contributed by atoms with Gasteiger partial charge in [0.1, 0.15) is 0 Å². The Labute approximate surface area is 154 Å². The molecule has 0 aromatic heterocycles. The average Bonchev–Trinajstić information content (AvgIpc) is 2.62. The zero-order valence-corrected chi connectivity index (χ0v) is 15.5. The second-order valence-corrected chi connectivity index (χ2v) is 7.88. The highest BCUT2D eigenvalue weighted by Crippen LogP contribution is 2.23. The summed E-state index contributed by atoms with van der Waals surface area (Å²) in [6.45, 7) is 1.88. The van der Waals surface area contributed by atoms with Crippen LogP contribution in [0.3, 0.4) is 0 Å². The van der Waals surface area contributed by atoms with E-state index in [0.29, 0.717) is 11.3 Å². The summed E-state index contributed by atoms with van der Waals surface area (Å²) in [5.41, 5.74) is 1.93. The molecule has 0 radical (unpaired) electrons. The molecule has 0 bridgehead atoms. The lowest BCUT2D eigenvalue weighted by Crippen LogP contribution is -2.35. The molecule has 0 saturated carbocycles. The molecular weight excluding hydrogens is 350 g/mol. The van der Waals surface area contributed by atoms with E-state index in [1.54, 1.807) is 31.2 Å². The van der Waals surface area contributed by atoms with Gasteiger partial charge in [0.2, 0.25) is 15.9 Å². The van der Waals surface area contributed by atoms with Crippen LogP contribution in [0.1, 0.15) is 30.5 Å². The number of sulfonamides is 1. The molecule has 0 fully saturated rings. The molecule has 1 N–H and O–H groups in total. The summed E-state index contributed by atoms with van der Waals surface area (Å²) in [6.07, 6.45) is 1.18. The third kappa shape index (κ3) is 5.41. The van der Waals surface area contributed by atoms with Gasteiger partial charge in [-0.3, -0.25) is 4.79 Å². The van der Waals surface area contributed by atoms with Crippen molar-refractivity contribution < 1.29 is 13.2 Å². The monoisotopic (exact) mass is 371 g/mol. The van der Waals surface area contributed by atoms with Crippen LogP contribution in [0.15, 0.2) is 54.6 Å². The van der Waals surface area contributed by atoms with Crippen LogP contribution in [-0.4, -0.2) is 31.4 Å². The highest BCUT2D eigenvalue weighted by Gasteiger charge is 2.25. The summed E-state index contributed by atoms with van der Waals surface area (Å²) in [6, 6.07) is 17.4. The highest BCUT2D eigenvalue weighted by molar-refractivity contribution is 7.88. The van der Waals surface area contributed by atoms with Gasteiger partial charge in [-0.2, -0.15) is 9.57 Å². The first-order valence-corrected chi connectivity index (χ1v) is 9.98. The Hall–Kier alpha value is -2.69. The van der Waals surface area contributed by atoms with E-state index in [-0.39, 0.29) is 24.9 Å². The van der Waals surface area contributed by atoms with Crippen molar-refractivity contribution in [1.82, 2.24) is 4.31 Å². The fourth-order valence-electron chi connectivity index (χ4n) is 2.61. The number of carbonyl (C=O) groups excluding carboxylic acids is 1. The van der Waals surface area contributed by atoms with Crippen molar-refractivity contribution in [3.05, 3.63) is 65.7 Å². The van der Waals surface area contributed by atoms with Crippen LogP contribution in [0.2, 0.25) is 0 Å². The van der Waals surface area contributed by atoms with Gasteiger partial charge >= 0.3 is 0 Å². The first kappa shape index (κ1) is 19.6. The van der Waals surface area contributed by atoms with E-state index in [2.05, 4.69) is 5.32 Å². The highest BCUT2D eigenvalue weighted by atomic mass is 32.2. The molecule has 0 aliphatic carbocycles. The fraction of sp³-hybridized carbons (Fsp3) is 0.263. The standard InChI is InChI=1S/C19H21N3O3S/c1-15(17-6-4-3-5-7-17)22(26(2,24)25)13-12-19(23)21-18-10-8-16(14-20)9-11-18/h3-11,15H,12-13H2,1-2H3,(H,21,23). The summed E-state index contributed by atoms with van der Waals surface area (Å²) in [4.78, 5) is 12.2. The molecule has 0 saturated heterocycles. The second kappa shape index (κ2) is 8.61. The van der Waals surface area contributed by atoms with Crippen molar-refractivity contribution >= 4 is 21.6 Å². The molecule has 6 nitrogen and oxygen atoms in total. The first-order valence-electron chi connectivity index (χ1n) is 8.13. The minimum atomic E-state index is -3.47. The van der Waals surface area contributed by atoms with Gasteiger partial charge in [0, 0.05) is 24.7 Å². The molecule has 0 aliphatic heterocycles. The zero-order valence-electron chi connectivity index (χ0n) is 14.7. The number of carbonyl (C=O) groups is 1. The normalized spacial score (nSPS) is 12.4. The molecule has 0 aliphatic rings. The van der Waals surface area contributed by atoms with Crippen molar-refractivity contribution in [3.8, 4) is 6.07 Å². The van der Waals surface area contributed by atoms with Crippen molar-refractivity contribution in [1.29, 1.82) is 5.26 Å². The van der Waals surface area contributed by atoms with E-state index >= 15 is 0 Å². The van der Waals surface area contributed by atoms with E-state index in [9.17, 15) is 13.2 Å². The van der Waals surface area contributed by atoms with Gasteiger partial charge < -0.3 is 5.32 Å². The Balaban J connectivity index is 2.02. The van der Waals surface area contributed by atoms with E-state index in [4.69, 9.17) is 5.26 Å². The maximum atomic E-state index is 12.2. The van der Waals surface area contributed by atoms with Crippen molar-refractivity contribution in [2.45, 2.75) is 19.4 Å². The van der Waals surface area contributed by atoms with Gasteiger partial charge in [-0.15, -0.1) is 0 Å². The van der Waals surface area contributed by atoms with Crippen LogP contribution in [0, 0.1) is 11.3 Å². The Morgan fingerprint density at radius 1 is 1.15 bits per heavy atom. The van der Waals surface area contributed by atoms with E-state index < -0.39 is 10.0 Å². The number of nitrogens with zero attached hydrogens (tertiary/aromatic N) is 2. The Kier molecular flexibility index (Phi) is 6.50. The number of nitriles is 1. The lowest BCUT2D eigenvalue weighted by molar-refractivity contribution is -0.116. The summed E-state index contributed by atoms with van der Waals surface area (Å²) in [7, 11) is -3.47. The van der Waals surface area contributed by atoms with Crippen LogP contribution < -0.4 is 5.32 Å². The predicted octanol–water partition coefficient (Wildman–Crippen LogP) is 2.91. The SMILES string of the molecule is CC(c1ccccc1)N(CCC(=O)Nc1ccc(C#N)cc1)S(C)(=O)=O. The van der Waals surface area contributed by atoms with E-state index in [0.717, 1.165) is 11.8 Å². The fourth-order valence-corrected chi connectivity index (χ4v) is 3.73. The topological polar surface area (TPSA) is 90.3 Å². The van der Waals surface area contributed by atoms with Crippen LogP contribution >= 0.6 is 0 Å². The smallest absolute Gasteiger partial charge is 0.225 e. The van der Waals surface area contributed by atoms with Crippen LogP contribution in [0.25, 0.3) is 0 Å². The van der Waals surface area contributed by atoms with Crippen molar-refractivity contribution in [3.63, 3.8) is 0 Å². The van der Waals surface area contributed by atoms with Crippen LogP contribution in [0.4, 0.5) is 5.69 Å². The van der Waals surface area contributed by atoms with Gasteiger partial charge in [-0.05, 0) is 36.8 Å². The number of rotatable bonds is 7. The number of hydrogen-bond donors (Lipinski definition) is 1. The molecule has 26 heavy (non-hydrogen) atoms. The van der Waals surface area contributed by atoms with Crippen LogP contribution in [-0.2, 0) is 14.8 Å². The molecule has 0 spiro atoms. The lowest BCUT2D eigenvalue weighted by atomic mass is 10.1.